The highest BCUT2D eigenvalue weighted by atomic mass is 19.1. The molecule has 3 atom stereocenters. The predicted molar refractivity (Wildman–Crippen MR) is 69.8 cm³/mol. The second kappa shape index (κ2) is 5.78. The average Bonchev–Trinajstić information content (AvgIpc) is 2.82. The molecule has 4 heteroatoms. The molecule has 1 aromatic carbocycles. The third-order valence-corrected chi connectivity index (χ3v) is 3.61. The minimum Gasteiger partial charge on any atom is -0.380 e. The molecule has 3 nitrogen and oxygen atoms in total. The molecule has 1 fully saturated rings. The van der Waals surface area contributed by atoms with Gasteiger partial charge in [0.25, 0.3) is 0 Å². The van der Waals surface area contributed by atoms with Crippen LogP contribution in [0.15, 0.2) is 24.3 Å². The Labute approximate surface area is 108 Å². The van der Waals surface area contributed by atoms with Crippen molar-refractivity contribution in [2.45, 2.75) is 31.5 Å². The van der Waals surface area contributed by atoms with Gasteiger partial charge in [-0.15, -0.1) is 0 Å². The summed E-state index contributed by atoms with van der Waals surface area (Å²) in [5.74, 6) is -0.214. The molecule has 3 unspecified atom stereocenters. The van der Waals surface area contributed by atoms with Crippen molar-refractivity contribution in [3.05, 3.63) is 35.6 Å². The third kappa shape index (κ3) is 2.88. The summed E-state index contributed by atoms with van der Waals surface area (Å²) >= 11 is 0. The van der Waals surface area contributed by atoms with Crippen LogP contribution in [0.3, 0.4) is 0 Å². The average molecular weight is 252 g/mol. The Balaban J connectivity index is 2.22. The number of hydrogen-bond acceptors (Lipinski definition) is 3. The lowest BCUT2D eigenvalue weighted by atomic mass is 9.97. The van der Waals surface area contributed by atoms with E-state index in [-0.39, 0.29) is 17.9 Å². The Hall–Kier alpha value is -0.970. The Morgan fingerprint density at radius 3 is 2.83 bits per heavy atom. The highest BCUT2D eigenvalue weighted by Gasteiger charge is 2.29. The van der Waals surface area contributed by atoms with Crippen LogP contribution in [-0.2, 0) is 4.74 Å². The molecule has 0 radical (unpaired) electrons. The van der Waals surface area contributed by atoms with Gasteiger partial charge in [-0.25, -0.2) is 4.39 Å². The summed E-state index contributed by atoms with van der Waals surface area (Å²) in [4.78, 5) is 2.21. The minimum atomic E-state index is -0.214. The number of hydrogen-bond donors (Lipinski definition) is 1. The van der Waals surface area contributed by atoms with Crippen molar-refractivity contribution in [1.82, 2.24) is 4.90 Å². The predicted octanol–water partition coefficient (Wildman–Crippen LogP) is 1.93. The van der Waals surface area contributed by atoms with E-state index < -0.39 is 0 Å². The molecule has 0 bridgehead atoms. The van der Waals surface area contributed by atoms with Gasteiger partial charge in [0.05, 0.1) is 6.61 Å². The second-order valence-corrected chi connectivity index (χ2v) is 5.04. The normalized spacial score (nSPS) is 23.3. The number of ether oxygens (including phenoxy) is 1. The first-order valence-electron chi connectivity index (χ1n) is 6.40. The zero-order valence-electron chi connectivity index (χ0n) is 11.0. The summed E-state index contributed by atoms with van der Waals surface area (Å²) in [7, 11) is 2.04. The number of likely N-dealkylation sites (N-methyl/N-ethyl adjacent to an activating group) is 1. The lowest BCUT2D eigenvalue weighted by Crippen LogP contribution is -2.43. The fourth-order valence-electron chi connectivity index (χ4n) is 2.67. The van der Waals surface area contributed by atoms with Crippen LogP contribution in [0, 0.1) is 5.82 Å². The molecule has 0 spiro atoms. The van der Waals surface area contributed by atoms with E-state index in [2.05, 4.69) is 4.90 Å². The Morgan fingerprint density at radius 2 is 2.28 bits per heavy atom. The summed E-state index contributed by atoms with van der Waals surface area (Å²) in [5.41, 5.74) is 7.01. The number of rotatable bonds is 4. The largest absolute Gasteiger partial charge is 0.380 e. The van der Waals surface area contributed by atoms with Crippen LogP contribution >= 0.6 is 0 Å². The van der Waals surface area contributed by atoms with E-state index in [0.29, 0.717) is 6.04 Å². The summed E-state index contributed by atoms with van der Waals surface area (Å²) in [5, 5.41) is 0. The van der Waals surface area contributed by atoms with Crippen LogP contribution in [0.5, 0.6) is 0 Å². The van der Waals surface area contributed by atoms with E-state index in [9.17, 15) is 4.39 Å². The quantitative estimate of drug-likeness (QED) is 0.890. The second-order valence-electron chi connectivity index (χ2n) is 5.04. The number of halogens is 1. The number of nitrogens with two attached hydrogens (primary N) is 1. The highest BCUT2D eigenvalue weighted by molar-refractivity contribution is 5.22. The summed E-state index contributed by atoms with van der Waals surface area (Å²) in [6.45, 7) is 3.49. The molecule has 0 amide bonds. The van der Waals surface area contributed by atoms with E-state index in [1.54, 1.807) is 12.1 Å². The lowest BCUT2D eigenvalue weighted by Gasteiger charge is -2.35. The Kier molecular flexibility index (Phi) is 4.32. The number of benzene rings is 1. The van der Waals surface area contributed by atoms with Gasteiger partial charge in [0.2, 0.25) is 0 Å². The van der Waals surface area contributed by atoms with E-state index in [1.165, 1.54) is 6.07 Å². The molecule has 0 saturated carbocycles. The molecule has 1 aliphatic rings. The molecule has 2 N–H and O–H groups in total. The van der Waals surface area contributed by atoms with Crippen molar-refractivity contribution in [2.75, 3.05) is 20.3 Å². The molecular formula is C14H21FN2O. The standard InChI is InChI=1S/C14H21FN2O/c1-10(16)14(11-4-3-5-12(15)8-11)17(2)13-6-7-18-9-13/h3-5,8,10,13-14H,6-7,9,16H2,1-2H3. The van der Waals surface area contributed by atoms with Gasteiger partial charge in [-0.05, 0) is 38.1 Å². The van der Waals surface area contributed by atoms with Gasteiger partial charge < -0.3 is 10.5 Å². The zero-order chi connectivity index (χ0) is 13.1. The van der Waals surface area contributed by atoms with Gasteiger partial charge in [0.15, 0.2) is 0 Å². The summed E-state index contributed by atoms with van der Waals surface area (Å²) in [6.07, 6.45) is 1.01. The van der Waals surface area contributed by atoms with E-state index in [1.807, 2.05) is 20.0 Å². The van der Waals surface area contributed by atoms with Crippen LogP contribution in [-0.4, -0.2) is 37.2 Å². The van der Waals surface area contributed by atoms with Crippen molar-refractivity contribution < 1.29 is 9.13 Å². The minimum absolute atomic E-state index is 0.0207. The van der Waals surface area contributed by atoms with Gasteiger partial charge in [-0.2, -0.15) is 0 Å². The van der Waals surface area contributed by atoms with Crippen LogP contribution in [0.4, 0.5) is 4.39 Å². The highest BCUT2D eigenvalue weighted by Crippen LogP contribution is 2.27. The van der Waals surface area contributed by atoms with Crippen molar-refractivity contribution >= 4 is 0 Å². The van der Waals surface area contributed by atoms with Crippen molar-refractivity contribution in [3.8, 4) is 0 Å². The SMILES string of the molecule is CC(N)C(c1cccc(F)c1)N(C)C1CCOC1. The van der Waals surface area contributed by atoms with Gasteiger partial charge >= 0.3 is 0 Å². The molecule has 18 heavy (non-hydrogen) atoms. The first-order chi connectivity index (χ1) is 8.59. The monoisotopic (exact) mass is 252 g/mol. The zero-order valence-corrected chi connectivity index (χ0v) is 11.0. The van der Waals surface area contributed by atoms with Crippen LogP contribution in [0.25, 0.3) is 0 Å². The van der Waals surface area contributed by atoms with Gasteiger partial charge in [-0.1, -0.05) is 12.1 Å². The maximum absolute atomic E-state index is 13.3. The van der Waals surface area contributed by atoms with Crippen LogP contribution < -0.4 is 5.73 Å². The first-order valence-corrected chi connectivity index (χ1v) is 6.40. The molecule has 2 rings (SSSR count). The molecule has 1 heterocycles. The third-order valence-electron chi connectivity index (χ3n) is 3.61. The Morgan fingerprint density at radius 1 is 1.50 bits per heavy atom. The summed E-state index contributed by atoms with van der Waals surface area (Å²) in [6, 6.07) is 7.03. The lowest BCUT2D eigenvalue weighted by molar-refractivity contribution is 0.123. The maximum Gasteiger partial charge on any atom is 0.123 e. The molecule has 0 aromatic heterocycles. The summed E-state index contributed by atoms with van der Waals surface area (Å²) < 4.78 is 18.8. The fraction of sp³-hybridized carbons (Fsp3) is 0.571. The fourth-order valence-corrected chi connectivity index (χ4v) is 2.67. The van der Waals surface area contributed by atoms with Crippen LogP contribution in [0.2, 0.25) is 0 Å². The van der Waals surface area contributed by atoms with E-state index >= 15 is 0 Å². The van der Waals surface area contributed by atoms with Gasteiger partial charge in [0.1, 0.15) is 5.82 Å². The molecule has 1 aromatic rings. The smallest absolute Gasteiger partial charge is 0.123 e. The van der Waals surface area contributed by atoms with Crippen molar-refractivity contribution in [2.24, 2.45) is 5.73 Å². The Bertz CT molecular complexity index is 391. The van der Waals surface area contributed by atoms with E-state index in [0.717, 1.165) is 25.2 Å². The maximum atomic E-state index is 13.3. The van der Waals surface area contributed by atoms with E-state index in [4.69, 9.17) is 10.5 Å². The topological polar surface area (TPSA) is 38.5 Å². The molecule has 100 valence electrons. The first kappa shape index (κ1) is 13.5. The molecule has 1 saturated heterocycles. The molecular weight excluding hydrogens is 231 g/mol. The molecule has 0 aliphatic carbocycles. The molecule has 1 aliphatic heterocycles. The van der Waals surface area contributed by atoms with Crippen LogP contribution in [0.1, 0.15) is 24.9 Å². The number of nitrogens with zero attached hydrogens (tertiary/aromatic N) is 1. The van der Waals surface area contributed by atoms with Gasteiger partial charge in [0, 0.05) is 24.7 Å². The van der Waals surface area contributed by atoms with Crippen molar-refractivity contribution in [1.29, 1.82) is 0 Å². The van der Waals surface area contributed by atoms with Crippen molar-refractivity contribution in [3.63, 3.8) is 0 Å². The van der Waals surface area contributed by atoms with Gasteiger partial charge in [-0.3, -0.25) is 4.90 Å².